The fourth-order valence-corrected chi connectivity index (χ4v) is 3.74. The maximum Gasteiger partial charge on any atom is 0.265 e. The molecule has 0 unspecified atom stereocenters. The number of hydrogen-bond acceptors (Lipinski definition) is 6. The molecule has 1 aromatic heterocycles. The Morgan fingerprint density at radius 2 is 1.97 bits per heavy atom. The van der Waals surface area contributed by atoms with Crippen LogP contribution in [0.5, 0.6) is 5.75 Å². The van der Waals surface area contributed by atoms with Crippen molar-refractivity contribution < 1.29 is 19.1 Å². The fraction of sp³-hybridized carbons (Fsp3) is 0.320. The van der Waals surface area contributed by atoms with Crippen LogP contribution >= 0.6 is 0 Å². The van der Waals surface area contributed by atoms with Crippen molar-refractivity contribution in [2.24, 2.45) is 0 Å². The van der Waals surface area contributed by atoms with Crippen molar-refractivity contribution in [2.45, 2.75) is 26.5 Å². The number of pyridine rings is 1. The van der Waals surface area contributed by atoms with E-state index in [2.05, 4.69) is 15.2 Å². The van der Waals surface area contributed by atoms with Crippen LogP contribution in [-0.4, -0.2) is 54.0 Å². The standard InChI is InChI=1S/C25H27N3O4/c1-17(29)19-5-3-6-21(15-19)27-25(30)18(2)32-23-9-8-20(16-28-11-13-31-14-12-28)22-7-4-10-26-24(22)23/h3-10,15,18H,11-14,16H2,1-2H3,(H,27,30)/t18-/m1/s1. The highest BCUT2D eigenvalue weighted by atomic mass is 16.5. The van der Waals surface area contributed by atoms with E-state index < -0.39 is 6.10 Å². The third-order valence-electron chi connectivity index (χ3n) is 5.53. The maximum atomic E-state index is 12.7. The number of amides is 1. The van der Waals surface area contributed by atoms with Crippen LogP contribution in [0.1, 0.15) is 29.8 Å². The van der Waals surface area contributed by atoms with Crippen molar-refractivity contribution in [1.82, 2.24) is 9.88 Å². The summed E-state index contributed by atoms with van der Waals surface area (Å²) in [5.41, 5.74) is 3.00. The second kappa shape index (κ2) is 9.89. The number of Topliss-reactive ketones (excluding diaryl/α,β-unsaturated/α-hetero) is 1. The zero-order chi connectivity index (χ0) is 22.5. The molecule has 1 amide bonds. The molecular formula is C25H27N3O4. The second-order valence-electron chi connectivity index (χ2n) is 7.90. The van der Waals surface area contributed by atoms with Crippen molar-refractivity contribution >= 4 is 28.3 Å². The largest absolute Gasteiger partial charge is 0.479 e. The predicted molar refractivity (Wildman–Crippen MR) is 123 cm³/mol. The summed E-state index contributed by atoms with van der Waals surface area (Å²) in [4.78, 5) is 31.2. The van der Waals surface area contributed by atoms with Gasteiger partial charge in [-0.3, -0.25) is 19.5 Å². The number of fused-ring (bicyclic) bond motifs is 1. The normalized spacial score (nSPS) is 15.3. The molecule has 1 fully saturated rings. The molecule has 1 saturated heterocycles. The van der Waals surface area contributed by atoms with Crippen LogP contribution in [0.2, 0.25) is 0 Å². The van der Waals surface area contributed by atoms with E-state index in [4.69, 9.17) is 9.47 Å². The van der Waals surface area contributed by atoms with Gasteiger partial charge in [0.1, 0.15) is 11.3 Å². The van der Waals surface area contributed by atoms with E-state index in [1.54, 1.807) is 37.4 Å². The molecule has 2 heterocycles. The summed E-state index contributed by atoms with van der Waals surface area (Å²) in [6.07, 6.45) is 0.984. The molecule has 1 aliphatic rings. The average molecular weight is 434 g/mol. The van der Waals surface area contributed by atoms with E-state index in [-0.39, 0.29) is 11.7 Å². The Bertz CT molecular complexity index is 1130. The van der Waals surface area contributed by atoms with E-state index >= 15 is 0 Å². The van der Waals surface area contributed by atoms with Crippen LogP contribution < -0.4 is 10.1 Å². The smallest absolute Gasteiger partial charge is 0.265 e. The first-order valence-electron chi connectivity index (χ1n) is 10.8. The van der Waals surface area contributed by atoms with Crippen LogP contribution in [0.3, 0.4) is 0 Å². The van der Waals surface area contributed by atoms with Gasteiger partial charge in [0.25, 0.3) is 5.91 Å². The van der Waals surface area contributed by atoms with Crippen LogP contribution in [-0.2, 0) is 16.1 Å². The highest BCUT2D eigenvalue weighted by Gasteiger charge is 2.19. The number of morpholine rings is 1. The monoisotopic (exact) mass is 433 g/mol. The number of ether oxygens (including phenoxy) is 2. The zero-order valence-electron chi connectivity index (χ0n) is 18.3. The number of nitrogens with zero attached hydrogens (tertiary/aromatic N) is 2. The molecule has 0 saturated carbocycles. The molecule has 166 valence electrons. The van der Waals surface area contributed by atoms with Crippen molar-refractivity contribution in [1.29, 1.82) is 0 Å². The maximum absolute atomic E-state index is 12.7. The van der Waals surface area contributed by atoms with Crippen molar-refractivity contribution in [2.75, 3.05) is 31.6 Å². The molecule has 1 aliphatic heterocycles. The molecular weight excluding hydrogens is 406 g/mol. The molecule has 3 aromatic rings. The van der Waals surface area contributed by atoms with Crippen LogP contribution in [0.4, 0.5) is 5.69 Å². The lowest BCUT2D eigenvalue weighted by Gasteiger charge is -2.27. The summed E-state index contributed by atoms with van der Waals surface area (Å²) >= 11 is 0. The van der Waals surface area contributed by atoms with Crippen molar-refractivity contribution in [3.05, 3.63) is 65.9 Å². The molecule has 0 bridgehead atoms. The Balaban J connectivity index is 1.49. The molecule has 4 rings (SSSR count). The number of anilines is 1. The first kappa shape index (κ1) is 21.9. The van der Waals surface area contributed by atoms with Crippen molar-refractivity contribution in [3.63, 3.8) is 0 Å². The van der Waals surface area contributed by atoms with Gasteiger partial charge in [-0.15, -0.1) is 0 Å². The number of carbonyl (C=O) groups is 2. The average Bonchev–Trinajstić information content (AvgIpc) is 2.81. The summed E-state index contributed by atoms with van der Waals surface area (Å²) in [6.45, 7) is 7.31. The van der Waals surface area contributed by atoms with Gasteiger partial charge in [-0.1, -0.05) is 24.3 Å². The van der Waals surface area contributed by atoms with Gasteiger partial charge in [0.2, 0.25) is 0 Å². The van der Waals surface area contributed by atoms with E-state index in [1.807, 2.05) is 24.3 Å². The van der Waals surface area contributed by atoms with Gasteiger partial charge in [-0.05, 0) is 43.7 Å². The first-order valence-corrected chi connectivity index (χ1v) is 10.8. The number of ketones is 1. The molecule has 0 aliphatic carbocycles. The molecule has 0 spiro atoms. The highest BCUT2D eigenvalue weighted by molar-refractivity contribution is 5.98. The zero-order valence-corrected chi connectivity index (χ0v) is 18.3. The van der Waals surface area contributed by atoms with E-state index in [9.17, 15) is 9.59 Å². The van der Waals surface area contributed by atoms with Gasteiger partial charge < -0.3 is 14.8 Å². The minimum absolute atomic E-state index is 0.0555. The SMILES string of the molecule is CC(=O)c1cccc(NC(=O)[C@@H](C)Oc2ccc(CN3CCOCC3)c3cccnc23)c1. The Kier molecular flexibility index (Phi) is 6.78. The molecule has 7 heteroatoms. The number of hydrogen-bond donors (Lipinski definition) is 1. The lowest BCUT2D eigenvalue weighted by molar-refractivity contribution is -0.122. The van der Waals surface area contributed by atoms with Gasteiger partial charge in [0.15, 0.2) is 11.9 Å². The quantitative estimate of drug-likeness (QED) is 0.573. The van der Waals surface area contributed by atoms with Gasteiger partial charge in [-0.25, -0.2) is 0 Å². The molecule has 7 nitrogen and oxygen atoms in total. The van der Waals surface area contributed by atoms with Crippen molar-refractivity contribution in [3.8, 4) is 5.75 Å². The van der Waals surface area contributed by atoms with Gasteiger partial charge in [-0.2, -0.15) is 0 Å². The molecule has 0 radical (unpaired) electrons. The molecule has 1 atom stereocenters. The van der Waals surface area contributed by atoms with Gasteiger partial charge >= 0.3 is 0 Å². The summed E-state index contributed by atoms with van der Waals surface area (Å²) in [7, 11) is 0. The van der Waals surface area contributed by atoms with Crippen LogP contribution in [0, 0.1) is 0 Å². The minimum atomic E-state index is -0.744. The van der Waals surface area contributed by atoms with Crippen LogP contribution in [0.25, 0.3) is 10.9 Å². The summed E-state index contributed by atoms with van der Waals surface area (Å²) in [5, 5.41) is 3.83. The summed E-state index contributed by atoms with van der Waals surface area (Å²) < 4.78 is 11.5. The number of rotatable bonds is 7. The molecule has 32 heavy (non-hydrogen) atoms. The lowest BCUT2D eigenvalue weighted by atomic mass is 10.1. The third-order valence-corrected chi connectivity index (χ3v) is 5.53. The Morgan fingerprint density at radius 1 is 1.16 bits per heavy atom. The second-order valence-corrected chi connectivity index (χ2v) is 7.90. The predicted octanol–water partition coefficient (Wildman–Crippen LogP) is 3.68. The fourth-order valence-electron chi connectivity index (χ4n) is 3.74. The van der Waals surface area contributed by atoms with Gasteiger partial charge in [0.05, 0.1) is 13.2 Å². The van der Waals surface area contributed by atoms with Gasteiger partial charge in [0, 0.05) is 42.5 Å². The summed E-state index contributed by atoms with van der Waals surface area (Å²) in [5.74, 6) is 0.207. The minimum Gasteiger partial charge on any atom is -0.479 e. The molecule has 1 N–H and O–H groups in total. The van der Waals surface area contributed by atoms with Crippen LogP contribution in [0.15, 0.2) is 54.7 Å². The topological polar surface area (TPSA) is 80.8 Å². The lowest BCUT2D eigenvalue weighted by Crippen LogP contribution is -2.35. The third kappa shape index (κ3) is 5.12. The number of benzene rings is 2. The number of carbonyl (C=O) groups excluding carboxylic acids is 2. The Labute approximate surface area is 187 Å². The van der Waals surface area contributed by atoms with E-state index in [1.165, 1.54) is 12.5 Å². The Morgan fingerprint density at radius 3 is 2.75 bits per heavy atom. The van der Waals surface area contributed by atoms with E-state index in [0.717, 1.165) is 43.8 Å². The first-order chi connectivity index (χ1) is 15.5. The Hall–Kier alpha value is -3.29. The number of nitrogens with one attached hydrogen (secondary N) is 1. The number of aromatic nitrogens is 1. The summed E-state index contributed by atoms with van der Waals surface area (Å²) in [6, 6.07) is 14.7. The highest BCUT2D eigenvalue weighted by Crippen LogP contribution is 2.28. The molecule has 2 aromatic carbocycles. The van der Waals surface area contributed by atoms with E-state index in [0.29, 0.717) is 17.0 Å².